The van der Waals surface area contributed by atoms with Crippen LogP contribution in [0.5, 0.6) is 11.5 Å². The van der Waals surface area contributed by atoms with Gasteiger partial charge in [0, 0.05) is 10.6 Å². The normalized spacial score (nSPS) is 15.2. The second-order valence-electron chi connectivity index (χ2n) is 3.87. The van der Waals surface area contributed by atoms with Gasteiger partial charge in [0.2, 0.25) is 0 Å². The van der Waals surface area contributed by atoms with Gasteiger partial charge in [-0.1, -0.05) is 0 Å². The van der Waals surface area contributed by atoms with Gasteiger partial charge >= 0.3 is 5.97 Å². The Labute approximate surface area is 109 Å². The molecule has 2 N–H and O–H groups in total. The molecule has 1 aromatic rings. The lowest BCUT2D eigenvalue weighted by molar-refractivity contribution is -0.138. The van der Waals surface area contributed by atoms with Crippen LogP contribution in [0, 0.1) is 0 Å². The van der Waals surface area contributed by atoms with Crippen LogP contribution in [0.3, 0.4) is 0 Å². The minimum Gasteiger partial charge on any atom is -0.486 e. The number of benzene rings is 1. The Morgan fingerprint density at radius 2 is 2.06 bits per heavy atom. The molecule has 0 amide bonds. The summed E-state index contributed by atoms with van der Waals surface area (Å²) in [5.74, 6) is 0.757. The molecule has 1 heterocycles. The minimum atomic E-state index is -0.995. The molecule has 18 heavy (non-hydrogen) atoms. The Morgan fingerprint density at radius 3 is 2.78 bits per heavy atom. The number of carboxylic acids is 1. The maximum absolute atomic E-state index is 10.4. The van der Waals surface area contributed by atoms with Crippen molar-refractivity contribution < 1.29 is 24.5 Å². The van der Waals surface area contributed by atoms with E-state index in [-0.39, 0.29) is 6.42 Å². The fourth-order valence-corrected chi connectivity index (χ4v) is 2.42. The van der Waals surface area contributed by atoms with Gasteiger partial charge in [-0.05, 0) is 18.2 Å². The summed E-state index contributed by atoms with van der Waals surface area (Å²) in [5, 5.41) is 18.0. The van der Waals surface area contributed by atoms with Crippen molar-refractivity contribution in [2.24, 2.45) is 0 Å². The summed E-state index contributed by atoms with van der Waals surface area (Å²) in [6.07, 6.45) is -1.09. The van der Waals surface area contributed by atoms with Gasteiger partial charge in [-0.2, -0.15) is 0 Å². The van der Waals surface area contributed by atoms with E-state index >= 15 is 0 Å². The maximum atomic E-state index is 10.4. The third-order valence-corrected chi connectivity index (χ3v) is 3.50. The molecule has 6 heteroatoms. The zero-order valence-electron chi connectivity index (χ0n) is 9.67. The number of hydrogen-bond donors (Lipinski definition) is 2. The molecule has 1 aliphatic rings. The number of aliphatic hydroxyl groups excluding tert-OH is 1. The lowest BCUT2D eigenvalue weighted by Crippen LogP contribution is -2.16. The third kappa shape index (κ3) is 3.54. The van der Waals surface area contributed by atoms with Crippen molar-refractivity contribution in [1.82, 2.24) is 0 Å². The van der Waals surface area contributed by atoms with E-state index in [1.807, 2.05) is 18.2 Å². The van der Waals surface area contributed by atoms with Crippen molar-refractivity contribution in [2.45, 2.75) is 17.4 Å². The van der Waals surface area contributed by atoms with Crippen LogP contribution in [0.1, 0.15) is 6.42 Å². The van der Waals surface area contributed by atoms with Crippen molar-refractivity contribution in [2.75, 3.05) is 19.0 Å². The van der Waals surface area contributed by atoms with Crippen LogP contribution in [0.15, 0.2) is 23.1 Å². The second-order valence-corrected chi connectivity index (χ2v) is 4.96. The standard InChI is InChI=1S/C12H14O5S/c13-8(5-12(14)15)7-18-9-1-2-10-11(6-9)17-4-3-16-10/h1-2,6,8,13H,3-5,7H2,(H,14,15). The van der Waals surface area contributed by atoms with Gasteiger partial charge in [0.05, 0.1) is 12.5 Å². The quantitative estimate of drug-likeness (QED) is 0.787. The predicted molar refractivity (Wildman–Crippen MR) is 66.4 cm³/mol. The minimum absolute atomic E-state index is 0.239. The molecule has 0 spiro atoms. The van der Waals surface area contributed by atoms with Crippen molar-refractivity contribution in [3.05, 3.63) is 18.2 Å². The predicted octanol–water partition coefficient (Wildman–Crippen LogP) is 1.39. The molecule has 5 nitrogen and oxygen atoms in total. The molecular weight excluding hydrogens is 256 g/mol. The Bertz CT molecular complexity index is 434. The largest absolute Gasteiger partial charge is 0.486 e. The summed E-state index contributed by atoms with van der Waals surface area (Å²) in [6, 6.07) is 5.53. The monoisotopic (exact) mass is 270 g/mol. The molecule has 0 saturated carbocycles. The second kappa shape index (κ2) is 5.97. The van der Waals surface area contributed by atoms with Crippen LogP contribution < -0.4 is 9.47 Å². The number of carboxylic acid groups (broad SMARTS) is 1. The molecule has 0 saturated heterocycles. The SMILES string of the molecule is O=C(O)CC(O)CSc1ccc2c(c1)OCCO2. The smallest absolute Gasteiger partial charge is 0.306 e. The van der Waals surface area contributed by atoms with Crippen LogP contribution in [0.25, 0.3) is 0 Å². The summed E-state index contributed by atoms with van der Waals surface area (Å²) in [5.41, 5.74) is 0. The van der Waals surface area contributed by atoms with E-state index in [0.29, 0.717) is 24.7 Å². The Hall–Kier alpha value is -1.40. The molecular formula is C12H14O5S. The number of fused-ring (bicyclic) bond motifs is 1. The van der Waals surface area contributed by atoms with Crippen LogP contribution in [0.2, 0.25) is 0 Å². The van der Waals surface area contributed by atoms with Gasteiger partial charge in [-0.3, -0.25) is 4.79 Å². The highest BCUT2D eigenvalue weighted by molar-refractivity contribution is 7.99. The molecule has 1 unspecified atom stereocenters. The van der Waals surface area contributed by atoms with Crippen molar-refractivity contribution in [1.29, 1.82) is 0 Å². The molecule has 0 fully saturated rings. The van der Waals surface area contributed by atoms with Crippen LogP contribution in [-0.2, 0) is 4.79 Å². The summed E-state index contributed by atoms with van der Waals surface area (Å²) in [4.78, 5) is 11.3. The number of aliphatic carboxylic acids is 1. The molecule has 0 aromatic heterocycles. The average Bonchev–Trinajstić information content (AvgIpc) is 2.35. The molecule has 0 radical (unpaired) electrons. The van der Waals surface area contributed by atoms with E-state index < -0.39 is 12.1 Å². The molecule has 1 aliphatic heterocycles. The highest BCUT2D eigenvalue weighted by Gasteiger charge is 2.13. The first kappa shape index (κ1) is 13.0. The molecule has 0 aliphatic carbocycles. The summed E-state index contributed by atoms with van der Waals surface area (Å²) >= 11 is 1.39. The molecule has 1 atom stereocenters. The highest BCUT2D eigenvalue weighted by Crippen LogP contribution is 2.34. The van der Waals surface area contributed by atoms with Crippen LogP contribution in [-0.4, -0.2) is 41.3 Å². The molecule has 2 rings (SSSR count). The summed E-state index contributed by atoms with van der Waals surface area (Å²) in [6.45, 7) is 1.08. The van der Waals surface area contributed by atoms with Gasteiger partial charge < -0.3 is 19.7 Å². The topological polar surface area (TPSA) is 76.0 Å². The first-order valence-corrected chi connectivity index (χ1v) is 6.56. The van der Waals surface area contributed by atoms with Crippen molar-refractivity contribution in [3.63, 3.8) is 0 Å². The van der Waals surface area contributed by atoms with Gasteiger partial charge in [-0.15, -0.1) is 11.8 Å². The number of aliphatic hydroxyl groups is 1. The van der Waals surface area contributed by atoms with Gasteiger partial charge in [-0.25, -0.2) is 0 Å². The Balaban J connectivity index is 1.91. The molecule has 0 bridgehead atoms. The number of carbonyl (C=O) groups is 1. The fourth-order valence-electron chi connectivity index (χ4n) is 1.57. The van der Waals surface area contributed by atoms with Gasteiger partial charge in [0.15, 0.2) is 11.5 Å². The summed E-state index contributed by atoms with van der Waals surface area (Å²) in [7, 11) is 0. The van der Waals surface area contributed by atoms with E-state index in [0.717, 1.165) is 10.6 Å². The Morgan fingerprint density at radius 1 is 1.33 bits per heavy atom. The van der Waals surface area contributed by atoms with Gasteiger partial charge in [0.1, 0.15) is 13.2 Å². The van der Waals surface area contributed by atoms with E-state index in [2.05, 4.69) is 0 Å². The van der Waals surface area contributed by atoms with Gasteiger partial charge in [0.25, 0.3) is 0 Å². The summed E-state index contributed by atoms with van der Waals surface area (Å²) < 4.78 is 10.8. The highest BCUT2D eigenvalue weighted by atomic mass is 32.2. The van der Waals surface area contributed by atoms with E-state index in [4.69, 9.17) is 14.6 Å². The van der Waals surface area contributed by atoms with Crippen molar-refractivity contribution in [3.8, 4) is 11.5 Å². The zero-order valence-corrected chi connectivity index (χ0v) is 10.5. The number of thioether (sulfide) groups is 1. The number of rotatable bonds is 5. The molecule has 1 aromatic carbocycles. The van der Waals surface area contributed by atoms with E-state index in [1.54, 1.807) is 0 Å². The Kier molecular flexibility index (Phi) is 4.33. The fraction of sp³-hybridized carbons (Fsp3) is 0.417. The zero-order chi connectivity index (χ0) is 13.0. The maximum Gasteiger partial charge on any atom is 0.306 e. The number of hydrogen-bond acceptors (Lipinski definition) is 5. The first-order chi connectivity index (χ1) is 8.65. The molecule has 98 valence electrons. The lowest BCUT2D eigenvalue weighted by Gasteiger charge is -2.18. The van der Waals surface area contributed by atoms with Crippen molar-refractivity contribution >= 4 is 17.7 Å². The number of ether oxygens (including phenoxy) is 2. The van der Waals surface area contributed by atoms with E-state index in [9.17, 15) is 9.90 Å². The third-order valence-electron chi connectivity index (χ3n) is 2.37. The van der Waals surface area contributed by atoms with E-state index in [1.165, 1.54) is 11.8 Å². The lowest BCUT2D eigenvalue weighted by atomic mass is 10.3. The van der Waals surface area contributed by atoms with Crippen LogP contribution in [0.4, 0.5) is 0 Å². The average molecular weight is 270 g/mol. The van der Waals surface area contributed by atoms with Crippen LogP contribution >= 0.6 is 11.8 Å². The first-order valence-electron chi connectivity index (χ1n) is 5.57.